The number of fused-ring (bicyclic) bond motifs is 3. The number of carbonyl (C=O) groups excluding carboxylic acids is 2. The Balaban J connectivity index is 2.05. The second kappa shape index (κ2) is 6.97. The van der Waals surface area contributed by atoms with Crippen LogP contribution in [-0.2, 0) is 11.3 Å². The first-order valence-electron chi connectivity index (χ1n) is 8.85. The summed E-state index contributed by atoms with van der Waals surface area (Å²) >= 11 is 0. The minimum absolute atomic E-state index is 0.164. The number of halogens is 1. The van der Waals surface area contributed by atoms with Gasteiger partial charge in [0.2, 0.25) is 5.91 Å². The van der Waals surface area contributed by atoms with E-state index in [1.165, 1.54) is 18.2 Å². The monoisotopic (exact) mass is 393 g/mol. The molecule has 7 nitrogen and oxygen atoms in total. The molecule has 3 aromatic rings. The molecule has 1 aromatic heterocycles. The van der Waals surface area contributed by atoms with Crippen LogP contribution in [0.2, 0.25) is 0 Å². The smallest absolute Gasteiger partial charge is 0.309 e. The summed E-state index contributed by atoms with van der Waals surface area (Å²) in [6.45, 7) is -0.0421. The van der Waals surface area contributed by atoms with Gasteiger partial charge in [0.15, 0.2) is 5.78 Å². The summed E-state index contributed by atoms with van der Waals surface area (Å²) < 4.78 is 15.4. The van der Waals surface area contributed by atoms with Crippen LogP contribution in [0.1, 0.15) is 38.4 Å². The number of benzene rings is 2. The number of amides is 1. The van der Waals surface area contributed by atoms with E-state index in [1.54, 1.807) is 28.8 Å². The first-order chi connectivity index (χ1) is 13.9. The number of hydrogen-bond donors (Lipinski definition) is 2. The molecule has 0 aliphatic carbocycles. The fourth-order valence-corrected chi connectivity index (χ4v) is 3.76. The van der Waals surface area contributed by atoms with Crippen molar-refractivity contribution >= 4 is 34.3 Å². The fourth-order valence-electron chi connectivity index (χ4n) is 3.76. The van der Waals surface area contributed by atoms with E-state index in [0.717, 1.165) is 0 Å². The zero-order chi connectivity index (χ0) is 20.7. The maximum atomic E-state index is 13.7. The Bertz CT molecular complexity index is 1230. The molecule has 0 atom stereocenters. The van der Waals surface area contributed by atoms with Crippen LogP contribution in [0.5, 0.6) is 0 Å². The zero-order valence-corrected chi connectivity index (χ0v) is 15.2. The molecule has 0 bridgehead atoms. The van der Waals surface area contributed by atoms with Crippen molar-refractivity contribution in [1.82, 2.24) is 4.57 Å². The number of rotatable bonds is 5. The van der Waals surface area contributed by atoms with E-state index in [0.29, 0.717) is 22.2 Å². The van der Waals surface area contributed by atoms with E-state index in [4.69, 9.17) is 5.73 Å². The summed E-state index contributed by atoms with van der Waals surface area (Å²) in [5, 5.41) is 9.66. The summed E-state index contributed by atoms with van der Waals surface area (Å²) in [7, 11) is 0. The summed E-state index contributed by atoms with van der Waals surface area (Å²) in [5.74, 6) is -2.54. The minimum atomic E-state index is -1.10. The molecule has 1 aliphatic heterocycles. The number of Topliss-reactive ketones (excluding diaryl/α,β-unsaturated/α-hetero) is 1. The largest absolute Gasteiger partial charge is 0.481 e. The highest BCUT2D eigenvalue weighted by Crippen LogP contribution is 2.33. The van der Waals surface area contributed by atoms with Gasteiger partial charge in [-0.2, -0.15) is 0 Å². The highest BCUT2D eigenvalue weighted by atomic mass is 19.1. The van der Waals surface area contributed by atoms with Crippen LogP contribution in [0.25, 0.3) is 10.9 Å². The van der Waals surface area contributed by atoms with Gasteiger partial charge in [-0.05, 0) is 29.8 Å². The van der Waals surface area contributed by atoms with Crippen LogP contribution in [0.15, 0.2) is 47.5 Å². The molecule has 0 saturated heterocycles. The van der Waals surface area contributed by atoms with Gasteiger partial charge >= 0.3 is 5.97 Å². The van der Waals surface area contributed by atoms with Gasteiger partial charge in [0.1, 0.15) is 12.4 Å². The van der Waals surface area contributed by atoms with Crippen LogP contribution >= 0.6 is 0 Å². The summed E-state index contributed by atoms with van der Waals surface area (Å²) in [4.78, 5) is 40.3. The molecule has 2 heterocycles. The summed E-state index contributed by atoms with van der Waals surface area (Å²) in [6, 6.07) is 10.8. The number of aromatic nitrogens is 1. The fraction of sp³-hybridized carbons (Fsp3) is 0.143. The predicted octanol–water partition coefficient (Wildman–Crippen LogP) is 2.39. The van der Waals surface area contributed by atoms with Crippen molar-refractivity contribution in [1.29, 1.82) is 0 Å². The van der Waals surface area contributed by atoms with E-state index in [1.807, 2.05) is 0 Å². The SMILES string of the molecule is NC(=O)c1cccc2c1c1c(n2Cc2cccc(F)c2)C(CC(=O)O)=NCC1=O. The van der Waals surface area contributed by atoms with E-state index in [2.05, 4.69) is 4.99 Å². The third kappa shape index (κ3) is 3.18. The van der Waals surface area contributed by atoms with Crippen molar-refractivity contribution in [3.05, 3.63) is 70.7 Å². The molecular formula is C21H16FN3O4. The Labute approximate surface area is 164 Å². The molecule has 0 spiro atoms. The van der Waals surface area contributed by atoms with Gasteiger partial charge in [-0.3, -0.25) is 19.4 Å². The van der Waals surface area contributed by atoms with E-state index >= 15 is 0 Å². The molecule has 0 saturated carbocycles. The average molecular weight is 393 g/mol. The number of hydrogen-bond acceptors (Lipinski definition) is 4. The molecule has 0 unspecified atom stereocenters. The molecule has 8 heteroatoms. The molecule has 29 heavy (non-hydrogen) atoms. The Hall–Kier alpha value is -3.81. The third-order valence-corrected chi connectivity index (χ3v) is 4.87. The molecule has 2 aromatic carbocycles. The van der Waals surface area contributed by atoms with Gasteiger partial charge in [0, 0.05) is 17.5 Å². The first-order valence-corrected chi connectivity index (χ1v) is 8.85. The molecule has 1 amide bonds. The summed E-state index contributed by atoms with van der Waals surface area (Å²) in [6.07, 6.45) is -0.383. The molecule has 146 valence electrons. The Kier molecular flexibility index (Phi) is 4.46. The topological polar surface area (TPSA) is 115 Å². The average Bonchev–Trinajstić information content (AvgIpc) is 2.99. The Morgan fingerprint density at radius 3 is 2.66 bits per heavy atom. The quantitative estimate of drug-likeness (QED) is 0.692. The molecular weight excluding hydrogens is 377 g/mol. The molecule has 4 rings (SSSR count). The number of nitrogens with two attached hydrogens (primary N) is 1. The highest BCUT2D eigenvalue weighted by molar-refractivity contribution is 6.26. The number of ketones is 1. The number of carbonyl (C=O) groups is 3. The van der Waals surface area contributed by atoms with Gasteiger partial charge in [-0.1, -0.05) is 18.2 Å². The van der Waals surface area contributed by atoms with Crippen LogP contribution in [-0.4, -0.2) is 39.6 Å². The van der Waals surface area contributed by atoms with Crippen LogP contribution in [0.3, 0.4) is 0 Å². The van der Waals surface area contributed by atoms with Crippen molar-refractivity contribution in [3.8, 4) is 0 Å². The zero-order valence-electron chi connectivity index (χ0n) is 15.2. The van der Waals surface area contributed by atoms with Crippen LogP contribution in [0.4, 0.5) is 4.39 Å². The lowest BCUT2D eigenvalue weighted by molar-refractivity contribution is -0.135. The lowest BCUT2D eigenvalue weighted by Gasteiger charge is -2.16. The van der Waals surface area contributed by atoms with Crippen molar-refractivity contribution in [3.63, 3.8) is 0 Å². The minimum Gasteiger partial charge on any atom is -0.481 e. The normalized spacial score (nSPS) is 13.3. The van der Waals surface area contributed by atoms with Gasteiger partial charge in [-0.25, -0.2) is 4.39 Å². The van der Waals surface area contributed by atoms with E-state index in [9.17, 15) is 23.9 Å². The molecule has 3 N–H and O–H groups in total. The highest BCUT2D eigenvalue weighted by Gasteiger charge is 2.31. The number of carboxylic acid groups (broad SMARTS) is 1. The molecule has 1 aliphatic rings. The first kappa shape index (κ1) is 18.5. The predicted molar refractivity (Wildman–Crippen MR) is 104 cm³/mol. The standard InChI is InChI=1S/C21H16FN3O4/c22-12-4-1-3-11(7-12)10-25-15-6-2-5-13(21(23)29)18(15)19-16(26)9-24-14(20(19)25)8-17(27)28/h1-7H,8-10H2,(H2,23,29)(H,27,28). The number of aliphatic carboxylic acids is 1. The van der Waals surface area contributed by atoms with Crippen molar-refractivity contribution in [2.45, 2.75) is 13.0 Å². The maximum absolute atomic E-state index is 13.7. The van der Waals surface area contributed by atoms with Crippen LogP contribution in [0, 0.1) is 5.82 Å². The summed E-state index contributed by atoms with van der Waals surface area (Å²) in [5.41, 5.74) is 7.63. The lowest BCUT2D eigenvalue weighted by atomic mass is 9.96. The maximum Gasteiger partial charge on any atom is 0.309 e. The van der Waals surface area contributed by atoms with Crippen molar-refractivity contribution in [2.75, 3.05) is 6.54 Å². The Morgan fingerprint density at radius 2 is 1.97 bits per heavy atom. The van der Waals surface area contributed by atoms with Gasteiger partial charge < -0.3 is 15.4 Å². The second-order valence-corrected chi connectivity index (χ2v) is 6.76. The lowest BCUT2D eigenvalue weighted by Crippen LogP contribution is -2.24. The molecule has 0 radical (unpaired) electrons. The number of aliphatic imine (C=N–C) groups is 1. The Morgan fingerprint density at radius 1 is 1.21 bits per heavy atom. The number of nitrogens with zero attached hydrogens (tertiary/aromatic N) is 2. The number of primary amides is 1. The van der Waals surface area contributed by atoms with Crippen molar-refractivity contribution in [2.24, 2.45) is 10.7 Å². The van der Waals surface area contributed by atoms with E-state index < -0.39 is 17.7 Å². The number of carboxylic acids is 1. The van der Waals surface area contributed by atoms with Gasteiger partial charge in [-0.15, -0.1) is 0 Å². The second-order valence-electron chi connectivity index (χ2n) is 6.76. The third-order valence-electron chi connectivity index (χ3n) is 4.87. The van der Waals surface area contributed by atoms with Crippen molar-refractivity contribution < 1.29 is 23.9 Å². The van der Waals surface area contributed by atoms with E-state index in [-0.39, 0.29) is 42.1 Å². The van der Waals surface area contributed by atoms with Gasteiger partial charge in [0.05, 0.1) is 28.9 Å². The van der Waals surface area contributed by atoms with Gasteiger partial charge in [0.25, 0.3) is 0 Å². The van der Waals surface area contributed by atoms with Crippen LogP contribution < -0.4 is 5.73 Å². The molecule has 0 fully saturated rings.